The first kappa shape index (κ1) is 10.5. The lowest BCUT2D eigenvalue weighted by atomic mass is 10.0. The lowest BCUT2D eigenvalue weighted by Crippen LogP contribution is -1.86. The molecule has 0 N–H and O–H groups in total. The van der Waals surface area contributed by atoms with Gasteiger partial charge in [-0.15, -0.1) is 0 Å². The number of hydrogen-bond acceptors (Lipinski definition) is 2. The second-order valence-electron chi connectivity index (χ2n) is 4.07. The highest BCUT2D eigenvalue weighted by Gasteiger charge is 2.04. The Hall–Kier alpha value is -2.66. The van der Waals surface area contributed by atoms with Gasteiger partial charge in [-0.25, -0.2) is 0 Å². The first-order valence-corrected chi connectivity index (χ1v) is 5.73. The van der Waals surface area contributed by atoms with E-state index in [1.54, 1.807) is 12.3 Å². The Labute approximate surface area is 105 Å². The quantitative estimate of drug-likeness (QED) is 0.638. The van der Waals surface area contributed by atoms with E-state index in [9.17, 15) is 0 Å². The number of aromatic nitrogens is 1. The smallest absolute Gasteiger partial charge is 0.0992 e. The van der Waals surface area contributed by atoms with Crippen molar-refractivity contribution in [2.45, 2.75) is 0 Å². The molecule has 0 unspecified atom stereocenters. The van der Waals surface area contributed by atoms with Crippen molar-refractivity contribution in [3.8, 4) is 17.3 Å². The van der Waals surface area contributed by atoms with Crippen molar-refractivity contribution in [1.82, 2.24) is 4.98 Å². The number of hydrogen-bond donors (Lipinski definition) is 0. The van der Waals surface area contributed by atoms with E-state index in [2.05, 4.69) is 29.3 Å². The van der Waals surface area contributed by atoms with Crippen molar-refractivity contribution in [2.75, 3.05) is 0 Å². The Morgan fingerprint density at radius 1 is 0.944 bits per heavy atom. The molecule has 0 atom stereocenters. The lowest BCUT2D eigenvalue weighted by molar-refractivity contribution is 1.31. The Balaban J connectivity index is 2.28. The molecule has 0 radical (unpaired) electrons. The third-order valence-corrected chi connectivity index (χ3v) is 2.95. The number of fused-ring (bicyclic) bond motifs is 1. The van der Waals surface area contributed by atoms with Gasteiger partial charge in [0.05, 0.1) is 17.3 Å². The van der Waals surface area contributed by atoms with Gasteiger partial charge in [0.2, 0.25) is 0 Å². The van der Waals surface area contributed by atoms with Crippen LogP contribution in [0.3, 0.4) is 0 Å². The van der Waals surface area contributed by atoms with Crippen molar-refractivity contribution in [2.24, 2.45) is 0 Å². The molecule has 2 nitrogen and oxygen atoms in total. The summed E-state index contributed by atoms with van der Waals surface area (Å²) >= 11 is 0. The van der Waals surface area contributed by atoms with Crippen LogP contribution in [0.25, 0.3) is 22.0 Å². The summed E-state index contributed by atoms with van der Waals surface area (Å²) in [5.41, 5.74) is 2.53. The summed E-state index contributed by atoms with van der Waals surface area (Å²) in [7, 11) is 0. The van der Waals surface area contributed by atoms with Crippen molar-refractivity contribution >= 4 is 10.8 Å². The summed E-state index contributed by atoms with van der Waals surface area (Å²) < 4.78 is 0. The molecule has 0 fully saturated rings. The van der Waals surface area contributed by atoms with E-state index < -0.39 is 0 Å². The van der Waals surface area contributed by atoms with Gasteiger partial charge in [-0.2, -0.15) is 5.26 Å². The van der Waals surface area contributed by atoms with Crippen LogP contribution in [-0.4, -0.2) is 4.98 Å². The summed E-state index contributed by atoms with van der Waals surface area (Å²) in [5, 5.41) is 11.3. The normalized spacial score (nSPS) is 10.2. The fourth-order valence-electron chi connectivity index (χ4n) is 2.10. The van der Waals surface area contributed by atoms with Gasteiger partial charge in [0, 0.05) is 11.8 Å². The zero-order valence-corrected chi connectivity index (χ0v) is 9.67. The lowest BCUT2D eigenvalue weighted by Gasteiger charge is -2.05. The molecular formula is C16H10N2. The van der Waals surface area contributed by atoms with E-state index in [1.807, 2.05) is 30.3 Å². The summed E-state index contributed by atoms with van der Waals surface area (Å²) in [5.74, 6) is 0. The predicted molar refractivity (Wildman–Crippen MR) is 71.9 cm³/mol. The first-order chi connectivity index (χ1) is 8.88. The van der Waals surface area contributed by atoms with Gasteiger partial charge < -0.3 is 0 Å². The van der Waals surface area contributed by atoms with Crippen LogP contribution in [0, 0.1) is 11.3 Å². The number of pyridine rings is 1. The van der Waals surface area contributed by atoms with Crippen LogP contribution in [0.15, 0.2) is 60.8 Å². The Bertz CT molecular complexity index is 749. The van der Waals surface area contributed by atoms with E-state index in [4.69, 9.17) is 5.26 Å². The minimum absolute atomic E-state index is 0.632. The second-order valence-corrected chi connectivity index (χ2v) is 4.07. The number of nitrogens with zero attached hydrogens (tertiary/aromatic N) is 2. The highest BCUT2D eigenvalue weighted by atomic mass is 14.7. The maximum atomic E-state index is 8.94. The van der Waals surface area contributed by atoms with Crippen LogP contribution in [0.4, 0.5) is 0 Å². The van der Waals surface area contributed by atoms with Crippen LogP contribution >= 0.6 is 0 Å². The van der Waals surface area contributed by atoms with E-state index in [0.29, 0.717) is 5.56 Å². The second kappa shape index (κ2) is 4.31. The van der Waals surface area contributed by atoms with Crippen LogP contribution in [0.1, 0.15) is 5.56 Å². The van der Waals surface area contributed by atoms with Crippen LogP contribution in [0.5, 0.6) is 0 Å². The Morgan fingerprint density at radius 2 is 1.78 bits per heavy atom. The fourth-order valence-corrected chi connectivity index (χ4v) is 2.10. The highest BCUT2D eigenvalue weighted by molar-refractivity contribution is 5.95. The van der Waals surface area contributed by atoms with Gasteiger partial charge in [0.1, 0.15) is 0 Å². The summed E-state index contributed by atoms with van der Waals surface area (Å²) in [6.45, 7) is 0. The molecule has 0 aliphatic rings. The van der Waals surface area contributed by atoms with Crippen molar-refractivity contribution < 1.29 is 0 Å². The summed E-state index contributed by atoms with van der Waals surface area (Å²) in [4.78, 5) is 4.36. The molecule has 0 amide bonds. The standard InChI is InChI=1S/C16H10N2/c17-11-12-8-9-18-16(10-12)15-7-3-5-13-4-1-2-6-14(13)15/h1-10H. The van der Waals surface area contributed by atoms with Gasteiger partial charge in [-0.3, -0.25) is 4.98 Å². The van der Waals surface area contributed by atoms with Crippen molar-refractivity contribution in [3.05, 3.63) is 66.4 Å². The van der Waals surface area contributed by atoms with Gasteiger partial charge >= 0.3 is 0 Å². The molecule has 0 saturated carbocycles. The van der Waals surface area contributed by atoms with Crippen LogP contribution in [0.2, 0.25) is 0 Å². The van der Waals surface area contributed by atoms with Crippen molar-refractivity contribution in [1.29, 1.82) is 5.26 Å². The molecule has 1 heterocycles. The van der Waals surface area contributed by atoms with E-state index in [1.165, 1.54) is 5.39 Å². The molecular weight excluding hydrogens is 220 g/mol. The van der Waals surface area contributed by atoms with E-state index in [-0.39, 0.29) is 0 Å². The maximum Gasteiger partial charge on any atom is 0.0992 e. The number of benzene rings is 2. The molecule has 3 aromatic rings. The zero-order valence-electron chi connectivity index (χ0n) is 9.67. The topological polar surface area (TPSA) is 36.7 Å². The molecule has 18 heavy (non-hydrogen) atoms. The maximum absolute atomic E-state index is 8.94. The largest absolute Gasteiger partial charge is 0.256 e. The van der Waals surface area contributed by atoms with Gasteiger partial charge in [0.25, 0.3) is 0 Å². The minimum Gasteiger partial charge on any atom is -0.256 e. The molecule has 2 aromatic carbocycles. The molecule has 2 heteroatoms. The third kappa shape index (κ3) is 1.72. The van der Waals surface area contributed by atoms with Gasteiger partial charge in [-0.05, 0) is 22.9 Å². The number of rotatable bonds is 1. The number of nitriles is 1. The van der Waals surface area contributed by atoms with Crippen LogP contribution < -0.4 is 0 Å². The predicted octanol–water partition coefficient (Wildman–Crippen LogP) is 3.77. The SMILES string of the molecule is N#Cc1ccnc(-c2cccc3ccccc23)c1. The zero-order chi connectivity index (χ0) is 12.4. The molecule has 0 bridgehead atoms. The highest BCUT2D eigenvalue weighted by Crippen LogP contribution is 2.27. The first-order valence-electron chi connectivity index (χ1n) is 5.73. The molecule has 0 aliphatic carbocycles. The average Bonchev–Trinajstić information content (AvgIpc) is 2.47. The molecule has 1 aromatic heterocycles. The summed E-state index contributed by atoms with van der Waals surface area (Å²) in [6, 6.07) is 20.0. The molecule has 3 rings (SSSR count). The van der Waals surface area contributed by atoms with E-state index >= 15 is 0 Å². The monoisotopic (exact) mass is 230 g/mol. The molecule has 0 spiro atoms. The van der Waals surface area contributed by atoms with Crippen molar-refractivity contribution in [3.63, 3.8) is 0 Å². The molecule has 0 saturated heterocycles. The fraction of sp³-hybridized carbons (Fsp3) is 0. The summed E-state index contributed by atoms with van der Waals surface area (Å²) in [6.07, 6.45) is 1.68. The van der Waals surface area contributed by atoms with E-state index in [0.717, 1.165) is 16.6 Å². The molecule has 84 valence electrons. The van der Waals surface area contributed by atoms with Gasteiger partial charge in [-0.1, -0.05) is 42.5 Å². The Kier molecular flexibility index (Phi) is 2.51. The third-order valence-electron chi connectivity index (χ3n) is 2.95. The van der Waals surface area contributed by atoms with Gasteiger partial charge in [0.15, 0.2) is 0 Å². The minimum atomic E-state index is 0.632. The Morgan fingerprint density at radius 3 is 2.67 bits per heavy atom. The van der Waals surface area contributed by atoms with Crippen LogP contribution in [-0.2, 0) is 0 Å². The molecule has 0 aliphatic heterocycles. The average molecular weight is 230 g/mol.